The first-order chi connectivity index (χ1) is 21.1. The number of benzene rings is 3. The van der Waals surface area contributed by atoms with Gasteiger partial charge in [-0.25, -0.2) is 0 Å². The van der Waals surface area contributed by atoms with Gasteiger partial charge in [0.1, 0.15) is 0 Å². The van der Waals surface area contributed by atoms with Crippen molar-refractivity contribution in [1.29, 1.82) is 0 Å². The first-order valence-corrected chi connectivity index (χ1v) is 15.5. The fourth-order valence-corrected chi connectivity index (χ4v) is 7.37. The van der Waals surface area contributed by atoms with E-state index in [2.05, 4.69) is 136 Å². The topological polar surface area (TPSA) is 34.6 Å². The minimum absolute atomic E-state index is 0.0349. The first kappa shape index (κ1) is 25.5. The van der Waals surface area contributed by atoms with Gasteiger partial charge < -0.3 is 8.80 Å². The standard InChI is InChI=1S/C40H34N4/c1-39(2,3)31-21-43-33-12-10-25(19-29(33)27-14-16-41-35(31)37(27)43)23-8-7-9-24(18-23)26-11-13-34-30(20-26)28-15-17-42-36-32(40(4,5)6)22-44(34)38(28)36/h7-22H,1-6H3. The predicted octanol–water partition coefficient (Wildman–Crippen LogP) is 10.4. The Morgan fingerprint density at radius 2 is 0.909 bits per heavy atom. The molecule has 0 fully saturated rings. The highest BCUT2D eigenvalue weighted by Crippen LogP contribution is 2.41. The summed E-state index contributed by atoms with van der Waals surface area (Å²) in [7, 11) is 0. The smallest absolute Gasteiger partial charge is 0.0928 e. The van der Waals surface area contributed by atoms with Crippen LogP contribution in [-0.4, -0.2) is 18.8 Å². The summed E-state index contributed by atoms with van der Waals surface area (Å²) in [5.41, 5.74) is 14.7. The van der Waals surface area contributed by atoms with Crippen molar-refractivity contribution in [2.75, 3.05) is 0 Å². The maximum Gasteiger partial charge on any atom is 0.0928 e. The summed E-state index contributed by atoms with van der Waals surface area (Å²) < 4.78 is 4.68. The number of pyridine rings is 2. The van der Waals surface area contributed by atoms with Crippen LogP contribution in [0.25, 0.3) is 76.9 Å². The number of hydrogen-bond donors (Lipinski definition) is 0. The molecule has 0 saturated heterocycles. The van der Waals surface area contributed by atoms with Crippen LogP contribution in [0.4, 0.5) is 0 Å². The summed E-state index contributed by atoms with van der Waals surface area (Å²) in [4.78, 5) is 9.63. The summed E-state index contributed by atoms with van der Waals surface area (Å²) in [6.45, 7) is 13.6. The Hall–Kier alpha value is -4.96. The fraction of sp³-hybridized carbons (Fsp3) is 0.200. The minimum Gasteiger partial charge on any atom is -0.314 e. The molecule has 0 bridgehead atoms. The quantitative estimate of drug-likeness (QED) is 0.207. The molecule has 4 heteroatoms. The molecule has 6 heterocycles. The van der Waals surface area contributed by atoms with Gasteiger partial charge in [0.2, 0.25) is 0 Å². The van der Waals surface area contributed by atoms with E-state index in [1.807, 2.05) is 12.4 Å². The van der Waals surface area contributed by atoms with Crippen molar-refractivity contribution >= 4 is 54.6 Å². The molecule has 9 aromatic rings. The van der Waals surface area contributed by atoms with Crippen molar-refractivity contribution < 1.29 is 0 Å². The van der Waals surface area contributed by atoms with Crippen LogP contribution in [0.15, 0.2) is 97.6 Å². The molecule has 6 aromatic heterocycles. The normalized spacial score (nSPS) is 13.2. The SMILES string of the molecule is CC(C)(C)c1cn2c3ccc(-c4cccc(-c5ccc6c(c5)c5ccnc7c(C(C)(C)C)cn6c75)c4)cc3c3ccnc1c32. The lowest BCUT2D eigenvalue weighted by atomic mass is 9.88. The molecule has 0 amide bonds. The number of rotatable bonds is 2. The monoisotopic (exact) mass is 570 g/mol. The molecule has 0 unspecified atom stereocenters. The van der Waals surface area contributed by atoms with E-state index in [0.717, 1.165) is 11.0 Å². The van der Waals surface area contributed by atoms with Crippen LogP contribution in [0.1, 0.15) is 52.7 Å². The Labute approximate surface area is 256 Å². The van der Waals surface area contributed by atoms with Crippen LogP contribution in [0.5, 0.6) is 0 Å². The van der Waals surface area contributed by atoms with Gasteiger partial charge in [-0.2, -0.15) is 0 Å². The second kappa shape index (κ2) is 8.35. The van der Waals surface area contributed by atoms with E-state index in [9.17, 15) is 0 Å². The molecule has 4 nitrogen and oxygen atoms in total. The van der Waals surface area contributed by atoms with Gasteiger partial charge in [0.15, 0.2) is 0 Å². The second-order valence-electron chi connectivity index (χ2n) is 14.5. The third-order valence-corrected chi connectivity index (χ3v) is 9.59. The van der Waals surface area contributed by atoms with Gasteiger partial charge in [0.25, 0.3) is 0 Å². The van der Waals surface area contributed by atoms with Crippen LogP contribution in [0.3, 0.4) is 0 Å². The lowest BCUT2D eigenvalue weighted by Crippen LogP contribution is -2.10. The second-order valence-corrected chi connectivity index (χ2v) is 14.5. The van der Waals surface area contributed by atoms with Crippen LogP contribution in [0, 0.1) is 0 Å². The molecular formula is C40H34N4. The van der Waals surface area contributed by atoms with E-state index in [4.69, 9.17) is 9.97 Å². The third-order valence-electron chi connectivity index (χ3n) is 9.59. The highest BCUT2D eigenvalue weighted by Gasteiger charge is 2.25. The molecule has 0 aliphatic carbocycles. The summed E-state index contributed by atoms with van der Waals surface area (Å²) >= 11 is 0. The average molecular weight is 571 g/mol. The Kier molecular flexibility index (Phi) is 4.85. The Morgan fingerprint density at radius 1 is 0.477 bits per heavy atom. The molecule has 0 atom stereocenters. The van der Waals surface area contributed by atoms with Gasteiger partial charge in [-0.1, -0.05) is 71.9 Å². The molecule has 0 spiro atoms. The van der Waals surface area contributed by atoms with Crippen molar-refractivity contribution in [2.45, 2.75) is 52.4 Å². The number of hydrogen-bond acceptors (Lipinski definition) is 2. The van der Waals surface area contributed by atoms with E-state index in [-0.39, 0.29) is 10.8 Å². The molecule has 214 valence electrons. The molecule has 0 N–H and O–H groups in total. The van der Waals surface area contributed by atoms with Gasteiger partial charge in [-0.15, -0.1) is 0 Å². The summed E-state index contributed by atoms with van der Waals surface area (Å²) in [6, 6.07) is 27.0. The number of aromatic nitrogens is 4. The van der Waals surface area contributed by atoms with E-state index in [1.54, 1.807) is 0 Å². The molecule has 44 heavy (non-hydrogen) atoms. The van der Waals surface area contributed by atoms with Crippen molar-refractivity contribution in [1.82, 2.24) is 18.8 Å². The van der Waals surface area contributed by atoms with Crippen LogP contribution in [0.2, 0.25) is 0 Å². The van der Waals surface area contributed by atoms with E-state index < -0.39 is 0 Å². The van der Waals surface area contributed by atoms with Gasteiger partial charge >= 0.3 is 0 Å². The van der Waals surface area contributed by atoms with Gasteiger partial charge in [0.05, 0.1) is 33.1 Å². The Bertz CT molecular complexity index is 2390. The fourth-order valence-electron chi connectivity index (χ4n) is 7.37. The highest BCUT2D eigenvalue weighted by atomic mass is 14.9. The zero-order chi connectivity index (χ0) is 30.1. The Balaban J connectivity index is 1.17. The minimum atomic E-state index is 0.0349. The molecular weight excluding hydrogens is 536 g/mol. The molecule has 0 aliphatic rings. The predicted molar refractivity (Wildman–Crippen MR) is 185 cm³/mol. The lowest BCUT2D eigenvalue weighted by molar-refractivity contribution is 0.594. The van der Waals surface area contributed by atoms with Gasteiger partial charge in [-0.05, 0) is 75.5 Å². The molecule has 9 rings (SSSR count). The largest absolute Gasteiger partial charge is 0.314 e. The van der Waals surface area contributed by atoms with Crippen LogP contribution >= 0.6 is 0 Å². The summed E-state index contributed by atoms with van der Waals surface area (Å²) in [5.74, 6) is 0. The maximum absolute atomic E-state index is 4.81. The molecule has 0 radical (unpaired) electrons. The van der Waals surface area contributed by atoms with E-state index in [1.165, 1.54) is 77.0 Å². The summed E-state index contributed by atoms with van der Waals surface area (Å²) in [6.07, 6.45) is 8.51. The molecule has 3 aromatic carbocycles. The maximum atomic E-state index is 4.81. The van der Waals surface area contributed by atoms with E-state index in [0.29, 0.717) is 0 Å². The Morgan fingerprint density at radius 3 is 1.34 bits per heavy atom. The van der Waals surface area contributed by atoms with E-state index >= 15 is 0 Å². The first-order valence-electron chi connectivity index (χ1n) is 15.5. The van der Waals surface area contributed by atoms with Crippen molar-refractivity contribution in [3.8, 4) is 22.3 Å². The molecule has 0 aliphatic heterocycles. The van der Waals surface area contributed by atoms with Gasteiger partial charge in [0, 0.05) is 57.5 Å². The zero-order valence-electron chi connectivity index (χ0n) is 26.0. The highest BCUT2D eigenvalue weighted by molar-refractivity contribution is 6.16. The van der Waals surface area contributed by atoms with Crippen molar-refractivity contribution in [2.24, 2.45) is 0 Å². The van der Waals surface area contributed by atoms with Gasteiger partial charge in [-0.3, -0.25) is 9.97 Å². The van der Waals surface area contributed by atoms with Crippen molar-refractivity contribution in [3.63, 3.8) is 0 Å². The zero-order valence-corrected chi connectivity index (χ0v) is 26.0. The number of fused-ring (bicyclic) bond motifs is 6. The van der Waals surface area contributed by atoms with Crippen molar-refractivity contribution in [3.05, 3.63) is 109 Å². The molecule has 0 saturated carbocycles. The average Bonchev–Trinajstić information content (AvgIpc) is 3.75. The lowest BCUT2D eigenvalue weighted by Gasteiger charge is -2.16. The van der Waals surface area contributed by atoms with Crippen LogP contribution in [-0.2, 0) is 10.8 Å². The third kappa shape index (κ3) is 3.40. The number of nitrogens with zero attached hydrogens (tertiary/aromatic N) is 4. The van der Waals surface area contributed by atoms with Crippen LogP contribution < -0.4 is 0 Å². The summed E-state index contributed by atoms with van der Waals surface area (Å²) in [5, 5.41) is 5.07.